The summed E-state index contributed by atoms with van der Waals surface area (Å²) in [6.07, 6.45) is 1.61. The molecular formula is C14H31N3O. The summed E-state index contributed by atoms with van der Waals surface area (Å²) < 4.78 is 0. The molecule has 0 aliphatic rings. The molecule has 1 N–H and O–H groups in total. The van der Waals surface area contributed by atoms with Gasteiger partial charge < -0.3 is 15.1 Å². The minimum atomic E-state index is 0.0828. The van der Waals surface area contributed by atoms with E-state index in [2.05, 4.69) is 37.9 Å². The monoisotopic (exact) mass is 257 g/mol. The van der Waals surface area contributed by atoms with Crippen molar-refractivity contribution in [1.82, 2.24) is 15.1 Å². The van der Waals surface area contributed by atoms with Gasteiger partial charge in [-0.25, -0.2) is 0 Å². The summed E-state index contributed by atoms with van der Waals surface area (Å²) in [6.45, 7) is 11.8. The van der Waals surface area contributed by atoms with Crippen LogP contribution < -0.4 is 5.32 Å². The van der Waals surface area contributed by atoms with E-state index in [1.54, 1.807) is 0 Å². The molecule has 1 amide bonds. The molecule has 18 heavy (non-hydrogen) atoms. The van der Waals surface area contributed by atoms with Gasteiger partial charge in [0.25, 0.3) is 0 Å². The lowest BCUT2D eigenvalue weighted by molar-refractivity contribution is -0.131. The van der Waals surface area contributed by atoms with E-state index in [0.717, 1.165) is 32.6 Å². The van der Waals surface area contributed by atoms with Crippen molar-refractivity contribution < 1.29 is 4.79 Å². The van der Waals surface area contributed by atoms with Gasteiger partial charge >= 0.3 is 0 Å². The molecule has 0 atom stereocenters. The summed E-state index contributed by atoms with van der Waals surface area (Å²) in [6, 6.07) is 0. The van der Waals surface area contributed by atoms with Crippen molar-refractivity contribution in [1.29, 1.82) is 0 Å². The van der Waals surface area contributed by atoms with Crippen molar-refractivity contribution in [2.45, 2.75) is 46.1 Å². The maximum absolute atomic E-state index is 12.1. The molecule has 0 aromatic carbocycles. The second-order valence-electron chi connectivity index (χ2n) is 6.11. The third-order valence-electron chi connectivity index (χ3n) is 2.66. The van der Waals surface area contributed by atoms with Gasteiger partial charge in [-0.2, -0.15) is 0 Å². The van der Waals surface area contributed by atoms with Gasteiger partial charge in [0.1, 0.15) is 0 Å². The fraction of sp³-hybridized carbons (Fsp3) is 0.929. The highest BCUT2D eigenvalue weighted by atomic mass is 16.2. The third-order valence-corrected chi connectivity index (χ3v) is 2.66. The first kappa shape index (κ1) is 17.4. The Hall–Kier alpha value is -0.610. The number of carbonyl (C=O) groups excluding carboxylic acids is 1. The van der Waals surface area contributed by atoms with E-state index in [1.807, 2.05) is 19.0 Å². The Kier molecular flexibility index (Phi) is 8.20. The number of nitrogens with one attached hydrogen (secondary N) is 1. The molecule has 0 radical (unpaired) electrons. The van der Waals surface area contributed by atoms with Crippen LogP contribution in [-0.2, 0) is 4.79 Å². The molecule has 4 heteroatoms. The van der Waals surface area contributed by atoms with Gasteiger partial charge in [0.15, 0.2) is 0 Å². The molecule has 0 fully saturated rings. The summed E-state index contributed by atoms with van der Waals surface area (Å²) in [5.41, 5.74) is 0.0828. The van der Waals surface area contributed by atoms with Crippen molar-refractivity contribution >= 4 is 5.91 Å². The first-order valence-electron chi connectivity index (χ1n) is 6.94. The standard InChI is InChI=1S/C14H31N3O/c1-7-10-17(12-11-16(5)6)13(18)8-9-15-14(2,3)4/h15H,7-12H2,1-6H3. The number of nitrogens with zero attached hydrogens (tertiary/aromatic N) is 2. The molecule has 0 unspecified atom stereocenters. The van der Waals surface area contributed by atoms with Gasteiger partial charge in [-0.1, -0.05) is 6.92 Å². The highest BCUT2D eigenvalue weighted by molar-refractivity contribution is 5.76. The van der Waals surface area contributed by atoms with E-state index in [0.29, 0.717) is 6.42 Å². The van der Waals surface area contributed by atoms with Crippen LogP contribution in [0.4, 0.5) is 0 Å². The molecule has 108 valence electrons. The van der Waals surface area contributed by atoms with Crippen molar-refractivity contribution in [3.63, 3.8) is 0 Å². The molecule has 0 aliphatic heterocycles. The summed E-state index contributed by atoms with van der Waals surface area (Å²) in [5, 5.41) is 3.36. The Balaban J connectivity index is 4.05. The van der Waals surface area contributed by atoms with Gasteiger partial charge in [0, 0.05) is 38.1 Å². The SMILES string of the molecule is CCCN(CCN(C)C)C(=O)CCNC(C)(C)C. The second-order valence-corrected chi connectivity index (χ2v) is 6.11. The van der Waals surface area contributed by atoms with Gasteiger partial charge in [-0.15, -0.1) is 0 Å². The number of carbonyl (C=O) groups is 1. The van der Waals surface area contributed by atoms with E-state index < -0.39 is 0 Å². The van der Waals surface area contributed by atoms with Crippen molar-refractivity contribution in [3.05, 3.63) is 0 Å². The Labute approximate surface area is 113 Å². The molecule has 0 rings (SSSR count). The Bertz CT molecular complexity index is 234. The Morgan fingerprint density at radius 1 is 1.11 bits per heavy atom. The van der Waals surface area contributed by atoms with Crippen LogP contribution in [0.2, 0.25) is 0 Å². The summed E-state index contributed by atoms with van der Waals surface area (Å²) in [5.74, 6) is 0.260. The van der Waals surface area contributed by atoms with Crippen LogP contribution in [0.3, 0.4) is 0 Å². The van der Waals surface area contributed by atoms with Crippen LogP contribution in [0, 0.1) is 0 Å². The lowest BCUT2D eigenvalue weighted by Gasteiger charge is -2.25. The maximum Gasteiger partial charge on any atom is 0.223 e. The fourth-order valence-electron chi connectivity index (χ4n) is 1.65. The summed E-state index contributed by atoms with van der Waals surface area (Å²) in [4.78, 5) is 16.2. The zero-order valence-corrected chi connectivity index (χ0v) is 13.0. The quantitative estimate of drug-likeness (QED) is 0.717. The van der Waals surface area contributed by atoms with Crippen molar-refractivity contribution in [2.24, 2.45) is 0 Å². The fourth-order valence-corrected chi connectivity index (χ4v) is 1.65. The van der Waals surface area contributed by atoms with Crippen LogP contribution in [0.1, 0.15) is 40.5 Å². The molecule has 0 aromatic rings. The largest absolute Gasteiger partial charge is 0.341 e. The average molecular weight is 257 g/mol. The lowest BCUT2D eigenvalue weighted by Crippen LogP contribution is -2.41. The van der Waals surface area contributed by atoms with Crippen LogP contribution in [0.25, 0.3) is 0 Å². The van der Waals surface area contributed by atoms with E-state index in [9.17, 15) is 4.79 Å². The predicted molar refractivity (Wildman–Crippen MR) is 77.8 cm³/mol. The topological polar surface area (TPSA) is 35.6 Å². The number of likely N-dealkylation sites (N-methyl/N-ethyl adjacent to an activating group) is 1. The molecule has 0 saturated heterocycles. The minimum Gasteiger partial charge on any atom is -0.341 e. The predicted octanol–water partition coefficient (Wildman–Crippen LogP) is 1.56. The highest BCUT2D eigenvalue weighted by Gasteiger charge is 2.14. The normalized spacial score (nSPS) is 11.9. The third kappa shape index (κ3) is 9.42. The van der Waals surface area contributed by atoms with Crippen LogP contribution >= 0.6 is 0 Å². The molecular weight excluding hydrogens is 226 g/mol. The van der Waals surface area contributed by atoms with Gasteiger partial charge in [-0.05, 0) is 41.3 Å². The average Bonchev–Trinajstić information content (AvgIpc) is 2.21. The Morgan fingerprint density at radius 3 is 2.17 bits per heavy atom. The lowest BCUT2D eigenvalue weighted by atomic mass is 10.1. The number of amides is 1. The summed E-state index contributed by atoms with van der Waals surface area (Å²) in [7, 11) is 4.07. The van der Waals surface area contributed by atoms with Crippen molar-refractivity contribution in [2.75, 3.05) is 40.3 Å². The van der Waals surface area contributed by atoms with Crippen molar-refractivity contribution in [3.8, 4) is 0 Å². The van der Waals surface area contributed by atoms with Gasteiger partial charge in [0.05, 0.1) is 0 Å². The molecule has 4 nitrogen and oxygen atoms in total. The highest BCUT2D eigenvalue weighted by Crippen LogP contribution is 2.01. The maximum atomic E-state index is 12.1. The summed E-state index contributed by atoms with van der Waals surface area (Å²) >= 11 is 0. The molecule has 0 saturated carbocycles. The van der Waals surface area contributed by atoms with E-state index in [1.165, 1.54) is 0 Å². The molecule has 0 heterocycles. The van der Waals surface area contributed by atoms with E-state index in [-0.39, 0.29) is 11.4 Å². The van der Waals surface area contributed by atoms with Crippen LogP contribution in [0.15, 0.2) is 0 Å². The molecule has 0 spiro atoms. The number of hydrogen-bond donors (Lipinski definition) is 1. The van der Waals surface area contributed by atoms with E-state index >= 15 is 0 Å². The Morgan fingerprint density at radius 2 is 1.72 bits per heavy atom. The number of hydrogen-bond acceptors (Lipinski definition) is 3. The van der Waals surface area contributed by atoms with Crippen LogP contribution in [-0.4, -0.2) is 61.5 Å². The second kappa shape index (κ2) is 8.48. The minimum absolute atomic E-state index is 0.0828. The smallest absolute Gasteiger partial charge is 0.223 e. The molecule has 0 bridgehead atoms. The first-order valence-corrected chi connectivity index (χ1v) is 6.94. The van der Waals surface area contributed by atoms with Gasteiger partial charge in [-0.3, -0.25) is 4.79 Å². The van der Waals surface area contributed by atoms with Crippen LogP contribution in [0.5, 0.6) is 0 Å². The first-order chi connectivity index (χ1) is 8.26. The number of rotatable bonds is 8. The van der Waals surface area contributed by atoms with E-state index in [4.69, 9.17) is 0 Å². The molecule has 0 aromatic heterocycles. The zero-order valence-electron chi connectivity index (χ0n) is 13.0. The van der Waals surface area contributed by atoms with Gasteiger partial charge in [0.2, 0.25) is 5.91 Å². The molecule has 0 aliphatic carbocycles. The zero-order chi connectivity index (χ0) is 14.2.